The lowest BCUT2D eigenvalue weighted by atomic mass is 10.1. The van der Waals surface area contributed by atoms with Crippen molar-refractivity contribution in [2.24, 2.45) is 5.92 Å². The van der Waals surface area contributed by atoms with Gasteiger partial charge in [0.25, 0.3) is 0 Å². The second kappa shape index (κ2) is 6.25. The predicted molar refractivity (Wildman–Crippen MR) is 66.5 cm³/mol. The first kappa shape index (κ1) is 12.7. The van der Waals surface area contributed by atoms with Crippen molar-refractivity contribution in [2.75, 3.05) is 17.2 Å². The number of nitrogens with zero attached hydrogens (tertiary/aromatic N) is 3. The molecule has 90 valence electrons. The zero-order valence-electron chi connectivity index (χ0n) is 10.5. The Morgan fingerprint density at radius 1 is 1.25 bits per heavy atom. The van der Waals surface area contributed by atoms with Crippen LogP contribution in [-0.2, 0) is 0 Å². The van der Waals surface area contributed by atoms with E-state index in [0.29, 0.717) is 17.9 Å². The normalized spacial score (nSPS) is 10.9. The van der Waals surface area contributed by atoms with E-state index in [-0.39, 0.29) is 0 Å². The van der Waals surface area contributed by atoms with E-state index in [2.05, 4.69) is 53.5 Å². The van der Waals surface area contributed by atoms with Crippen LogP contribution < -0.4 is 10.6 Å². The zero-order chi connectivity index (χ0) is 12.0. The van der Waals surface area contributed by atoms with Crippen molar-refractivity contribution in [3.63, 3.8) is 0 Å². The highest BCUT2D eigenvalue weighted by Gasteiger charge is 2.01. The van der Waals surface area contributed by atoms with Crippen LogP contribution in [0.4, 0.5) is 11.8 Å². The van der Waals surface area contributed by atoms with E-state index < -0.39 is 0 Å². The minimum Gasteiger partial charge on any atom is -0.366 e. The first-order valence-electron chi connectivity index (χ1n) is 5.78. The first-order chi connectivity index (χ1) is 7.58. The predicted octanol–water partition coefficient (Wildman–Crippen LogP) is 2.15. The van der Waals surface area contributed by atoms with Gasteiger partial charge in [-0.3, -0.25) is 0 Å². The molecule has 2 N–H and O–H groups in total. The van der Waals surface area contributed by atoms with Gasteiger partial charge in [-0.15, -0.1) is 5.10 Å². The van der Waals surface area contributed by atoms with Gasteiger partial charge in [0.1, 0.15) is 0 Å². The van der Waals surface area contributed by atoms with Gasteiger partial charge in [0.15, 0.2) is 5.82 Å². The third-order valence-electron chi connectivity index (χ3n) is 2.00. The summed E-state index contributed by atoms with van der Waals surface area (Å²) in [6, 6.07) is 0.347. The Morgan fingerprint density at radius 3 is 2.62 bits per heavy atom. The summed E-state index contributed by atoms with van der Waals surface area (Å²) in [5.41, 5.74) is 0. The van der Waals surface area contributed by atoms with Crippen LogP contribution in [0.5, 0.6) is 0 Å². The molecule has 16 heavy (non-hydrogen) atoms. The maximum Gasteiger partial charge on any atom is 0.244 e. The Bertz CT molecular complexity index is 311. The van der Waals surface area contributed by atoms with Crippen LogP contribution in [0.15, 0.2) is 6.20 Å². The van der Waals surface area contributed by atoms with Crippen molar-refractivity contribution < 1.29 is 0 Å². The highest BCUT2D eigenvalue weighted by molar-refractivity contribution is 5.37. The Labute approximate surface area is 97.1 Å². The van der Waals surface area contributed by atoms with Gasteiger partial charge in [-0.05, 0) is 26.2 Å². The number of nitrogens with one attached hydrogen (secondary N) is 2. The van der Waals surface area contributed by atoms with E-state index in [1.54, 1.807) is 6.20 Å². The van der Waals surface area contributed by atoms with E-state index in [1.165, 1.54) is 0 Å². The SMILES string of the molecule is CC(C)CCNc1nncc(NC(C)C)n1. The van der Waals surface area contributed by atoms with Crippen molar-refractivity contribution >= 4 is 11.8 Å². The number of rotatable bonds is 6. The summed E-state index contributed by atoms with van der Waals surface area (Å²) in [6.45, 7) is 9.39. The van der Waals surface area contributed by atoms with Gasteiger partial charge < -0.3 is 10.6 Å². The van der Waals surface area contributed by atoms with Crippen molar-refractivity contribution in [1.29, 1.82) is 0 Å². The summed E-state index contributed by atoms with van der Waals surface area (Å²) in [5.74, 6) is 2.03. The first-order valence-corrected chi connectivity index (χ1v) is 5.78. The average molecular weight is 223 g/mol. The minimum atomic E-state index is 0.347. The van der Waals surface area contributed by atoms with Crippen LogP contribution in [0.2, 0.25) is 0 Å². The summed E-state index contributed by atoms with van der Waals surface area (Å²) in [7, 11) is 0. The number of anilines is 2. The second-order valence-corrected chi connectivity index (χ2v) is 4.57. The molecule has 0 aliphatic carbocycles. The fraction of sp³-hybridized carbons (Fsp3) is 0.727. The topological polar surface area (TPSA) is 62.7 Å². The van der Waals surface area contributed by atoms with Crippen molar-refractivity contribution in [3.05, 3.63) is 6.20 Å². The van der Waals surface area contributed by atoms with Gasteiger partial charge in [-0.25, -0.2) is 0 Å². The summed E-state index contributed by atoms with van der Waals surface area (Å²) >= 11 is 0. The van der Waals surface area contributed by atoms with E-state index in [9.17, 15) is 0 Å². The molecule has 1 aromatic heterocycles. The van der Waals surface area contributed by atoms with Crippen molar-refractivity contribution in [1.82, 2.24) is 15.2 Å². The van der Waals surface area contributed by atoms with Crippen molar-refractivity contribution in [2.45, 2.75) is 40.2 Å². The lowest BCUT2D eigenvalue weighted by Gasteiger charge is -2.10. The van der Waals surface area contributed by atoms with Crippen LogP contribution in [0.25, 0.3) is 0 Å². The number of aromatic nitrogens is 3. The molecular weight excluding hydrogens is 202 g/mol. The van der Waals surface area contributed by atoms with Gasteiger partial charge in [-0.2, -0.15) is 10.1 Å². The summed E-state index contributed by atoms with van der Waals surface area (Å²) in [4.78, 5) is 4.31. The van der Waals surface area contributed by atoms with Crippen LogP contribution in [0.1, 0.15) is 34.1 Å². The molecule has 0 saturated carbocycles. The van der Waals surface area contributed by atoms with Gasteiger partial charge in [0, 0.05) is 12.6 Å². The van der Waals surface area contributed by atoms with Crippen LogP contribution in [-0.4, -0.2) is 27.8 Å². The Kier molecular flexibility index (Phi) is 4.95. The average Bonchev–Trinajstić information content (AvgIpc) is 2.16. The molecule has 5 heteroatoms. The molecule has 0 fully saturated rings. The summed E-state index contributed by atoms with van der Waals surface area (Å²) < 4.78 is 0. The van der Waals surface area contributed by atoms with E-state index in [1.807, 2.05) is 0 Å². The molecule has 0 aliphatic heterocycles. The third kappa shape index (κ3) is 4.91. The molecule has 0 aromatic carbocycles. The van der Waals surface area contributed by atoms with Gasteiger partial charge in [0.05, 0.1) is 6.20 Å². The van der Waals surface area contributed by atoms with Gasteiger partial charge >= 0.3 is 0 Å². The Morgan fingerprint density at radius 2 is 2.00 bits per heavy atom. The molecule has 0 unspecified atom stereocenters. The minimum absolute atomic E-state index is 0.347. The molecule has 0 spiro atoms. The lowest BCUT2D eigenvalue weighted by Crippen LogP contribution is -2.14. The standard InChI is InChI=1S/C11H21N5/c1-8(2)5-6-12-11-15-10(7-13-16-11)14-9(3)4/h7-9H,5-6H2,1-4H3,(H2,12,14,15,16). The summed E-state index contributed by atoms with van der Waals surface area (Å²) in [6.07, 6.45) is 2.73. The molecule has 1 rings (SSSR count). The number of hydrogen-bond acceptors (Lipinski definition) is 5. The zero-order valence-corrected chi connectivity index (χ0v) is 10.5. The molecule has 0 radical (unpaired) electrons. The van der Waals surface area contributed by atoms with Crippen LogP contribution in [0.3, 0.4) is 0 Å². The largest absolute Gasteiger partial charge is 0.366 e. The van der Waals surface area contributed by atoms with Crippen LogP contribution in [0, 0.1) is 5.92 Å². The third-order valence-corrected chi connectivity index (χ3v) is 2.00. The molecule has 1 aromatic rings. The molecule has 0 amide bonds. The second-order valence-electron chi connectivity index (χ2n) is 4.57. The molecule has 0 aliphatic rings. The van der Waals surface area contributed by atoms with E-state index in [0.717, 1.165) is 18.8 Å². The Hall–Kier alpha value is -1.39. The van der Waals surface area contributed by atoms with E-state index in [4.69, 9.17) is 0 Å². The van der Waals surface area contributed by atoms with E-state index >= 15 is 0 Å². The smallest absolute Gasteiger partial charge is 0.244 e. The highest BCUT2D eigenvalue weighted by atomic mass is 15.3. The highest BCUT2D eigenvalue weighted by Crippen LogP contribution is 2.06. The Balaban J connectivity index is 2.47. The molecule has 0 bridgehead atoms. The summed E-state index contributed by atoms with van der Waals surface area (Å²) in [5, 5.41) is 14.2. The van der Waals surface area contributed by atoms with Gasteiger partial charge in [-0.1, -0.05) is 13.8 Å². The molecule has 1 heterocycles. The lowest BCUT2D eigenvalue weighted by molar-refractivity contribution is 0.605. The monoisotopic (exact) mass is 223 g/mol. The maximum atomic E-state index is 4.31. The van der Waals surface area contributed by atoms with Crippen LogP contribution >= 0.6 is 0 Å². The fourth-order valence-electron chi connectivity index (χ4n) is 1.22. The van der Waals surface area contributed by atoms with Crippen molar-refractivity contribution in [3.8, 4) is 0 Å². The molecule has 0 atom stereocenters. The fourth-order valence-corrected chi connectivity index (χ4v) is 1.22. The number of hydrogen-bond donors (Lipinski definition) is 2. The molecular formula is C11H21N5. The molecule has 0 saturated heterocycles. The quantitative estimate of drug-likeness (QED) is 0.773. The molecule has 5 nitrogen and oxygen atoms in total. The van der Waals surface area contributed by atoms with Gasteiger partial charge in [0.2, 0.25) is 5.95 Å². The maximum absolute atomic E-state index is 4.31.